The molecule has 8 N–H and O–H groups in total. The second-order valence-corrected chi connectivity index (χ2v) is 18.7. The Hall–Kier alpha value is -7.02. The summed E-state index contributed by atoms with van der Waals surface area (Å²) in [5.41, 5.74) is 1.78. The van der Waals surface area contributed by atoms with Gasteiger partial charge in [0.1, 0.15) is 59.8 Å². The average molecular weight is 951 g/mol. The number of hydrogen-bond acceptors (Lipinski definition) is 11. The van der Waals surface area contributed by atoms with Gasteiger partial charge >= 0.3 is 0 Å². The third-order valence-corrected chi connectivity index (χ3v) is 13.5. The van der Waals surface area contributed by atoms with E-state index in [9.17, 15) is 53.7 Å². The molecule has 4 heterocycles. The summed E-state index contributed by atoms with van der Waals surface area (Å²) in [5.74, 6) is -5.95. The summed E-state index contributed by atoms with van der Waals surface area (Å²) in [7, 11) is 0. The number of aliphatic hydroxyl groups excluding tert-OH is 1. The predicted molar refractivity (Wildman–Crippen MR) is 250 cm³/mol. The van der Waals surface area contributed by atoms with Crippen LogP contribution in [0.2, 0.25) is 0 Å². The van der Waals surface area contributed by atoms with E-state index in [2.05, 4.69) is 26.6 Å². The minimum Gasteiger partial charge on any atom is -0.508 e. The van der Waals surface area contributed by atoms with E-state index in [-0.39, 0.29) is 63.2 Å². The van der Waals surface area contributed by atoms with Crippen molar-refractivity contribution in [3.05, 3.63) is 95.6 Å². The van der Waals surface area contributed by atoms with Crippen LogP contribution >= 0.6 is 0 Å². The highest BCUT2D eigenvalue weighted by Crippen LogP contribution is 2.28. The van der Waals surface area contributed by atoms with Crippen LogP contribution in [0.5, 0.6) is 11.5 Å². The van der Waals surface area contributed by atoms with E-state index >= 15 is 0 Å². The van der Waals surface area contributed by atoms with Gasteiger partial charge in [-0.1, -0.05) is 68.4 Å². The lowest BCUT2D eigenvalue weighted by molar-refractivity contribution is -0.148. The maximum atomic E-state index is 14.8. The van der Waals surface area contributed by atoms with Gasteiger partial charge in [-0.05, 0) is 85.4 Å². The molecule has 3 aromatic rings. The molecule has 0 aromatic heterocycles. The Kier molecular flexibility index (Phi) is 16.2. The number of carbonyl (C=O) groups excluding carboxylic acids is 8. The smallest absolute Gasteiger partial charge is 0.246 e. The maximum Gasteiger partial charge on any atom is 0.246 e. The van der Waals surface area contributed by atoms with Gasteiger partial charge in [0, 0.05) is 38.9 Å². The van der Waals surface area contributed by atoms with Gasteiger partial charge in [0.05, 0.1) is 6.61 Å². The van der Waals surface area contributed by atoms with Crippen LogP contribution < -0.4 is 26.6 Å². The Bertz CT molecular complexity index is 2370. The van der Waals surface area contributed by atoms with Crippen molar-refractivity contribution >= 4 is 47.3 Å². The quantitative estimate of drug-likeness (QED) is 0.151. The third-order valence-electron chi connectivity index (χ3n) is 13.5. The first kappa shape index (κ1) is 49.9. The molecule has 4 aliphatic rings. The first-order chi connectivity index (χ1) is 33.1. The van der Waals surface area contributed by atoms with Crippen molar-refractivity contribution in [1.29, 1.82) is 0 Å². The van der Waals surface area contributed by atoms with Crippen molar-refractivity contribution in [2.24, 2.45) is 5.92 Å². The molecule has 4 fully saturated rings. The molecule has 0 saturated carbocycles. The summed E-state index contributed by atoms with van der Waals surface area (Å²) in [6.07, 6.45) is 1.99. The van der Waals surface area contributed by atoms with Crippen molar-refractivity contribution in [2.45, 2.75) is 120 Å². The molecule has 4 aliphatic heterocycles. The second-order valence-electron chi connectivity index (χ2n) is 18.7. The lowest BCUT2D eigenvalue weighted by Gasteiger charge is -2.34. The number of carbonyl (C=O) groups is 8. The number of benzene rings is 3. The van der Waals surface area contributed by atoms with E-state index in [0.717, 1.165) is 0 Å². The Morgan fingerprint density at radius 1 is 0.464 bits per heavy atom. The Morgan fingerprint density at radius 3 is 1.35 bits per heavy atom. The van der Waals surface area contributed by atoms with Gasteiger partial charge in [-0.25, -0.2) is 0 Å². The SMILES string of the molecule is CC(C)[C@@H]1NC(=O)[C@H](CO)NC(=O)[C@H](Cc2ccc(O)cc2)NC(=O)[C@H](Cc2ccccc2)NC(=O)[C@@H]2CCCN2C(=O)[C@@H]2CCCN2C(=O)[C@H](Cc2ccc(O)cc2)NC(=O)[C@@H]2CCCN2C1=O. The van der Waals surface area contributed by atoms with Crippen molar-refractivity contribution in [2.75, 3.05) is 26.2 Å². The third kappa shape index (κ3) is 12.0. The van der Waals surface area contributed by atoms with Crippen LogP contribution in [0.4, 0.5) is 0 Å². The molecule has 368 valence electrons. The van der Waals surface area contributed by atoms with E-state index in [0.29, 0.717) is 42.4 Å². The highest BCUT2D eigenvalue weighted by molar-refractivity contribution is 5.99. The molecule has 0 spiro atoms. The molecule has 19 heteroatoms. The van der Waals surface area contributed by atoms with Crippen LogP contribution in [0.25, 0.3) is 0 Å². The summed E-state index contributed by atoms with van der Waals surface area (Å²) in [6, 6.07) is 11.2. The largest absolute Gasteiger partial charge is 0.508 e. The zero-order chi connectivity index (χ0) is 49.4. The highest BCUT2D eigenvalue weighted by atomic mass is 16.3. The molecule has 0 bridgehead atoms. The van der Waals surface area contributed by atoms with Crippen LogP contribution in [0, 0.1) is 5.92 Å². The number of phenolic OH excluding ortho intramolecular Hbond substituents is 2. The van der Waals surface area contributed by atoms with Crippen LogP contribution in [-0.2, 0) is 57.6 Å². The molecule has 7 rings (SSSR count). The van der Waals surface area contributed by atoms with E-state index in [4.69, 9.17) is 0 Å². The molecule has 19 nitrogen and oxygen atoms in total. The molecule has 3 aromatic carbocycles. The number of aliphatic hydroxyl groups is 1. The Morgan fingerprint density at radius 2 is 0.855 bits per heavy atom. The number of amides is 8. The van der Waals surface area contributed by atoms with Gasteiger partial charge < -0.3 is 56.6 Å². The van der Waals surface area contributed by atoms with E-state index in [1.165, 1.54) is 39.0 Å². The number of nitrogens with zero attached hydrogens (tertiary/aromatic N) is 3. The van der Waals surface area contributed by atoms with Gasteiger partial charge in [0.15, 0.2) is 0 Å². The monoisotopic (exact) mass is 950 g/mol. The molecule has 8 amide bonds. The summed E-state index contributed by atoms with van der Waals surface area (Å²) >= 11 is 0. The Labute approximate surface area is 400 Å². The number of phenols is 2. The lowest BCUT2D eigenvalue weighted by atomic mass is 10.0. The fourth-order valence-corrected chi connectivity index (χ4v) is 9.71. The molecule has 0 radical (unpaired) electrons. The number of aromatic hydroxyl groups is 2. The molecule has 4 saturated heterocycles. The van der Waals surface area contributed by atoms with Crippen molar-refractivity contribution in [1.82, 2.24) is 41.3 Å². The van der Waals surface area contributed by atoms with E-state index in [1.54, 1.807) is 68.4 Å². The minimum atomic E-state index is -1.61. The number of nitrogens with one attached hydrogen (secondary N) is 5. The highest BCUT2D eigenvalue weighted by Gasteiger charge is 2.46. The van der Waals surface area contributed by atoms with Crippen LogP contribution in [0.15, 0.2) is 78.9 Å². The van der Waals surface area contributed by atoms with Crippen LogP contribution in [0.3, 0.4) is 0 Å². The molecule has 69 heavy (non-hydrogen) atoms. The van der Waals surface area contributed by atoms with Gasteiger partial charge in [-0.15, -0.1) is 0 Å². The van der Waals surface area contributed by atoms with Gasteiger partial charge in [-0.3, -0.25) is 38.4 Å². The normalized spacial score (nSPS) is 26.9. The molecule has 0 aliphatic carbocycles. The first-order valence-electron chi connectivity index (χ1n) is 23.8. The lowest BCUT2D eigenvalue weighted by Crippen LogP contribution is -2.62. The van der Waals surface area contributed by atoms with Gasteiger partial charge in [0.2, 0.25) is 47.3 Å². The fourth-order valence-electron chi connectivity index (χ4n) is 9.71. The topological polar surface area (TPSA) is 267 Å². The molecular formula is C50H62N8O11. The Balaban J connectivity index is 1.25. The standard InChI is InChI=1S/C50H62N8O11/c1-29(2)42-50(69)57-23-7-12-40(57)47(66)53-37(27-32-16-20-34(61)21-17-32)48(67)58-24-8-13-41(58)49(68)56-22-6-11-39(56)46(65)52-36(25-30-9-4-3-5-10-30)43(62)51-35(26-31-14-18-33(60)19-15-31)44(63)54-38(28-59)45(64)55-42/h3-5,9-10,14-21,29,35-42,59-61H,6-8,11-13,22-28H2,1-2H3,(H,51,62)(H,52,65)(H,53,66)(H,54,63)(H,55,64)/t35-,36-,37-,38-,39-,40-,41-,42-/m0/s1. The second kappa shape index (κ2) is 22.4. The van der Waals surface area contributed by atoms with Gasteiger partial charge in [0.25, 0.3) is 0 Å². The summed E-state index contributed by atoms with van der Waals surface area (Å²) in [4.78, 5) is 120. The zero-order valence-electron chi connectivity index (χ0n) is 38.8. The van der Waals surface area contributed by atoms with Crippen molar-refractivity contribution in [3.8, 4) is 11.5 Å². The number of rotatable bonds is 8. The van der Waals surface area contributed by atoms with Crippen LogP contribution in [-0.4, -0.2) is 152 Å². The summed E-state index contributed by atoms with van der Waals surface area (Å²) < 4.78 is 0. The average Bonchev–Trinajstić information content (AvgIpc) is 4.15. The molecule has 0 unspecified atom stereocenters. The zero-order valence-corrected chi connectivity index (χ0v) is 38.8. The van der Waals surface area contributed by atoms with Crippen molar-refractivity contribution in [3.63, 3.8) is 0 Å². The maximum absolute atomic E-state index is 14.8. The van der Waals surface area contributed by atoms with Crippen LogP contribution in [0.1, 0.15) is 69.1 Å². The minimum absolute atomic E-state index is 0.00124. The molecule has 8 atom stereocenters. The number of fused-ring (bicyclic) bond motifs is 3. The number of hydrogen-bond donors (Lipinski definition) is 8. The van der Waals surface area contributed by atoms with Gasteiger partial charge in [-0.2, -0.15) is 0 Å². The first-order valence-corrected chi connectivity index (χ1v) is 23.8. The summed E-state index contributed by atoms with van der Waals surface area (Å²) in [5, 5.41) is 44.1. The van der Waals surface area contributed by atoms with Crippen molar-refractivity contribution < 1.29 is 53.7 Å². The molecular weight excluding hydrogens is 889 g/mol. The fraction of sp³-hybridized carbons (Fsp3) is 0.480. The summed E-state index contributed by atoms with van der Waals surface area (Å²) in [6.45, 7) is 3.03. The van der Waals surface area contributed by atoms with E-state index < -0.39 is 108 Å². The predicted octanol–water partition coefficient (Wildman–Crippen LogP) is 0.185. The van der Waals surface area contributed by atoms with E-state index in [1.807, 2.05) is 0 Å².